The number of non-ortho nitro benzene ring substituents is 1. The van der Waals surface area contributed by atoms with Gasteiger partial charge in [0.2, 0.25) is 11.9 Å². The van der Waals surface area contributed by atoms with E-state index in [0.29, 0.717) is 22.3 Å². The number of rotatable bonds is 3. The Bertz CT molecular complexity index is 1800. The molecule has 2 aromatic carbocycles. The predicted molar refractivity (Wildman–Crippen MR) is 139 cm³/mol. The average molecular weight is 514 g/mol. The zero-order valence-electron chi connectivity index (χ0n) is 20.2. The van der Waals surface area contributed by atoms with Crippen LogP contribution in [-0.4, -0.2) is 34.5 Å². The normalized spacial score (nSPS) is 10.9. The molecule has 190 valence electrons. The summed E-state index contributed by atoms with van der Waals surface area (Å²) >= 11 is 0. The topological polar surface area (TPSA) is 131 Å². The molecule has 0 saturated heterocycles. The van der Waals surface area contributed by atoms with Crippen LogP contribution in [0.15, 0.2) is 73.1 Å². The van der Waals surface area contributed by atoms with Crippen molar-refractivity contribution in [3.05, 3.63) is 95.1 Å². The lowest BCUT2D eigenvalue weighted by molar-refractivity contribution is -0.384. The molecule has 38 heavy (non-hydrogen) atoms. The summed E-state index contributed by atoms with van der Waals surface area (Å²) in [7, 11) is 3.60. The van der Waals surface area contributed by atoms with Crippen LogP contribution in [0.5, 0.6) is 0 Å². The number of nitrogens with two attached hydrogens (primary N) is 1. The van der Waals surface area contributed by atoms with E-state index < -0.39 is 16.8 Å². The Morgan fingerprint density at radius 1 is 0.763 bits per heavy atom. The van der Waals surface area contributed by atoms with Crippen LogP contribution in [0.25, 0.3) is 44.3 Å². The molecule has 0 radical (unpaired) electrons. The molecule has 0 aliphatic heterocycles. The molecule has 2 N–H and O–H groups in total. The van der Waals surface area contributed by atoms with E-state index in [1.807, 2.05) is 25.2 Å². The fourth-order valence-electron chi connectivity index (χ4n) is 4.11. The molecule has 0 spiro atoms. The second kappa shape index (κ2) is 9.65. The number of benzene rings is 2. The highest BCUT2D eigenvalue weighted by atomic mass is 19.1. The van der Waals surface area contributed by atoms with Gasteiger partial charge in [-0.2, -0.15) is 19.0 Å². The zero-order valence-corrected chi connectivity index (χ0v) is 20.2. The molecule has 0 saturated carbocycles. The molecule has 0 atom stereocenters. The summed E-state index contributed by atoms with van der Waals surface area (Å²) in [5, 5.41) is 21.2. The molecule has 0 amide bonds. The molecular formula is C26H20F2N8O2. The average Bonchev–Trinajstić information content (AvgIpc) is 3.41. The van der Waals surface area contributed by atoms with Gasteiger partial charge in [-0.25, -0.2) is 9.97 Å². The van der Waals surface area contributed by atoms with Gasteiger partial charge in [0.05, 0.1) is 16.0 Å². The minimum absolute atomic E-state index is 0.0122. The van der Waals surface area contributed by atoms with Gasteiger partial charge in [-0.15, -0.1) is 0 Å². The molecule has 10 nitrogen and oxygen atoms in total. The van der Waals surface area contributed by atoms with Crippen LogP contribution in [0, 0.1) is 22.0 Å². The quantitative estimate of drug-likeness (QED) is 0.152. The minimum atomic E-state index is -0.583. The van der Waals surface area contributed by atoms with Crippen LogP contribution in [0.1, 0.15) is 0 Å². The Hall–Kier alpha value is -5.26. The van der Waals surface area contributed by atoms with E-state index in [1.165, 1.54) is 36.7 Å². The molecule has 6 rings (SSSR count). The summed E-state index contributed by atoms with van der Waals surface area (Å²) in [6.07, 6.45) is 2.83. The fourth-order valence-corrected chi connectivity index (χ4v) is 4.11. The third-order valence-electron chi connectivity index (χ3n) is 5.92. The van der Waals surface area contributed by atoms with E-state index in [9.17, 15) is 18.9 Å². The molecule has 12 heteroatoms. The fraction of sp³-hybridized carbons (Fsp3) is 0.0769. The molecule has 0 fully saturated rings. The summed E-state index contributed by atoms with van der Waals surface area (Å²) < 4.78 is 29.1. The Balaban J connectivity index is 0.000000156. The maximum atomic E-state index is 12.9. The summed E-state index contributed by atoms with van der Waals surface area (Å²) in [5.41, 5.74) is 10.9. The van der Waals surface area contributed by atoms with E-state index in [1.54, 1.807) is 34.6 Å². The number of nitrogen functional groups attached to an aromatic ring is 1. The number of aryl methyl sites for hydroxylation is 2. The lowest BCUT2D eigenvalue weighted by atomic mass is 10.1. The maximum Gasteiger partial charge on any atom is 0.270 e. The molecule has 0 aliphatic rings. The second-order valence-corrected chi connectivity index (χ2v) is 8.42. The van der Waals surface area contributed by atoms with Gasteiger partial charge in [-0.3, -0.25) is 19.5 Å². The highest BCUT2D eigenvalue weighted by Gasteiger charge is 2.15. The summed E-state index contributed by atoms with van der Waals surface area (Å²) in [6.45, 7) is 0. The standard InChI is InChI=1S/C13H9FN4O2.C13H11FN4/c1-17-11-4-3-9(18(19)20)6-10(11)13(16-17)8-2-5-12(14)15-7-8;1-18-11-4-3-9(15)6-10(11)13(17-18)8-2-5-12(14)16-7-8/h2-7H,1H3;2-7H,15H2,1H3. The van der Waals surface area contributed by atoms with Crippen molar-refractivity contribution in [2.24, 2.45) is 14.1 Å². The van der Waals surface area contributed by atoms with Crippen molar-refractivity contribution in [3.8, 4) is 22.5 Å². The molecule has 4 aromatic heterocycles. The van der Waals surface area contributed by atoms with Crippen molar-refractivity contribution in [2.75, 3.05) is 5.73 Å². The highest BCUT2D eigenvalue weighted by Crippen LogP contribution is 2.30. The van der Waals surface area contributed by atoms with Crippen molar-refractivity contribution in [2.45, 2.75) is 0 Å². The molecule has 4 heterocycles. The Morgan fingerprint density at radius 3 is 1.74 bits per heavy atom. The Labute approximate surface area is 214 Å². The first kappa shape index (κ1) is 24.4. The van der Waals surface area contributed by atoms with Crippen molar-refractivity contribution in [1.29, 1.82) is 0 Å². The van der Waals surface area contributed by atoms with Gasteiger partial charge in [0, 0.05) is 66.2 Å². The molecule has 0 bridgehead atoms. The van der Waals surface area contributed by atoms with E-state index >= 15 is 0 Å². The number of pyridine rings is 2. The van der Waals surface area contributed by atoms with Crippen molar-refractivity contribution in [1.82, 2.24) is 29.5 Å². The number of anilines is 1. The van der Waals surface area contributed by atoms with Crippen LogP contribution in [0.4, 0.5) is 20.2 Å². The third kappa shape index (κ3) is 4.62. The molecule has 0 unspecified atom stereocenters. The second-order valence-electron chi connectivity index (χ2n) is 8.42. The van der Waals surface area contributed by atoms with Gasteiger partial charge in [-0.1, -0.05) is 0 Å². The van der Waals surface area contributed by atoms with Gasteiger partial charge in [0.25, 0.3) is 5.69 Å². The number of hydrogen-bond donors (Lipinski definition) is 1. The smallest absolute Gasteiger partial charge is 0.270 e. The van der Waals surface area contributed by atoms with Crippen LogP contribution < -0.4 is 5.73 Å². The van der Waals surface area contributed by atoms with E-state index in [-0.39, 0.29) is 5.69 Å². The van der Waals surface area contributed by atoms with Crippen molar-refractivity contribution < 1.29 is 13.7 Å². The lowest BCUT2D eigenvalue weighted by Gasteiger charge is -1.98. The SMILES string of the molecule is Cn1nc(-c2ccc(F)nc2)c2cc(N)ccc21.Cn1nc(-c2ccc(F)nc2)c2cc([N+](=O)[O-])ccc21. The monoisotopic (exact) mass is 514 g/mol. The summed E-state index contributed by atoms with van der Waals surface area (Å²) in [4.78, 5) is 17.6. The first-order chi connectivity index (χ1) is 18.2. The summed E-state index contributed by atoms with van der Waals surface area (Å²) in [6, 6.07) is 15.9. The van der Waals surface area contributed by atoms with Crippen LogP contribution >= 0.6 is 0 Å². The molecule has 6 aromatic rings. The van der Waals surface area contributed by atoms with Gasteiger partial charge in [0.15, 0.2) is 0 Å². The van der Waals surface area contributed by atoms with Crippen LogP contribution in [0.3, 0.4) is 0 Å². The van der Waals surface area contributed by atoms with Gasteiger partial charge < -0.3 is 5.73 Å². The summed E-state index contributed by atoms with van der Waals surface area (Å²) in [5.74, 6) is -1.08. The van der Waals surface area contributed by atoms with E-state index in [4.69, 9.17) is 5.73 Å². The van der Waals surface area contributed by atoms with Gasteiger partial charge in [-0.05, 0) is 48.5 Å². The number of nitro groups is 1. The van der Waals surface area contributed by atoms with Crippen molar-refractivity contribution >= 4 is 33.2 Å². The van der Waals surface area contributed by atoms with Gasteiger partial charge in [0.1, 0.15) is 11.4 Å². The van der Waals surface area contributed by atoms with E-state index in [0.717, 1.165) is 27.7 Å². The van der Waals surface area contributed by atoms with Crippen LogP contribution in [-0.2, 0) is 14.1 Å². The number of nitrogens with zero attached hydrogens (tertiary/aromatic N) is 7. The van der Waals surface area contributed by atoms with Crippen LogP contribution in [0.2, 0.25) is 0 Å². The third-order valence-corrected chi connectivity index (χ3v) is 5.92. The molecule has 0 aliphatic carbocycles. The zero-order chi connectivity index (χ0) is 27.0. The maximum absolute atomic E-state index is 12.9. The largest absolute Gasteiger partial charge is 0.399 e. The Kier molecular flexibility index (Phi) is 6.21. The highest BCUT2D eigenvalue weighted by molar-refractivity contribution is 5.95. The first-order valence-corrected chi connectivity index (χ1v) is 11.3. The lowest BCUT2D eigenvalue weighted by Crippen LogP contribution is -1.90. The number of hydrogen-bond acceptors (Lipinski definition) is 7. The van der Waals surface area contributed by atoms with Gasteiger partial charge >= 0.3 is 0 Å². The minimum Gasteiger partial charge on any atom is -0.399 e. The van der Waals surface area contributed by atoms with E-state index in [2.05, 4.69) is 20.2 Å². The number of aromatic nitrogens is 6. The number of nitro benzene ring substituents is 1. The first-order valence-electron chi connectivity index (χ1n) is 11.3. The van der Waals surface area contributed by atoms with Crippen molar-refractivity contribution in [3.63, 3.8) is 0 Å². The molecular weight excluding hydrogens is 494 g/mol. The predicted octanol–water partition coefficient (Wildman–Crippen LogP) is 5.04. The number of halogens is 2. The Morgan fingerprint density at radius 2 is 1.26 bits per heavy atom. The number of fused-ring (bicyclic) bond motifs is 2.